The second kappa shape index (κ2) is 11.6. The molecule has 0 aromatic heterocycles. The second-order valence-electron chi connectivity index (χ2n) is 9.81. The Morgan fingerprint density at radius 2 is 1.92 bits per heavy atom. The number of hydrogen-bond donors (Lipinski definition) is 1. The van der Waals surface area contributed by atoms with Crippen molar-refractivity contribution in [3.8, 4) is 17.2 Å². The summed E-state index contributed by atoms with van der Waals surface area (Å²) in [6.45, 7) is 1.88. The SMILES string of the molecule is COc1ccc(C[C@]2(CCC(=O)N3CCC[C@H](COc4ccc(F)cc4)C3)CCC(=O)N2)cc1OC. The number of carbonyl (C=O) groups excluding carboxylic acids is 2. The maximum Gasteiger partial charge on any atom is 0.222 e. The molecule has 7 nitrogen and oxygen atoms in total. The van der Waals surface area contributed by atoms with Crippen molar-refractivity contribution in [3.05, 3.63) is 53.8 Å². The van der Waals surface area contributed by atoms with Gasteiger partial charge in [0.1, 0.15) is 11.6 Å². The lowest BCUT2D eigenvalue weighted by Crippen LogP contribution is -2.46. The highest BCUT2D eigenvalue weighted by Crippen LogP contribution is 2.34. The number of piperidine rings is 1. The number of benzene rings is 2. The van der Waals surface area contributed by atoms with Crippen LogP contribution in [0.1, 0.15) is 44.1 Å². The molecular weight excluding hydrogens is 463 g/mol. The molecule has 2 heterocycles. The van der Waals surface area contributed by atoms with Gasteiger partial charge in [-0.15, -0.1) is 0 Å². The summed E-state index contributed by atoms with van der Waals surface area (Å²) in [7, 11) is 3.20. The van der Waals surface area contributed by atoms with E-state index in [1.807, 2.05) is 23.1 Å². The molecule has 2 aliphatic rings. The fraction of sp³-hybridized carbons (Fsp3) is 0.500. The quantitative estimate of drug-likeness (QED) is 0.533. The van der Waals surface area contributed by atoms with Gasteiger partial charge in [-0.3, -0.25) is 9.59 Å². The van der Waals surface area contributed by atoms with Crippen LogP contribution in [0.2, 0.25) is 0 Å². The van der Waals surface area contributed by atoms with Gasteiger partial charge in [0.25, 0.3) is 0 Å². The van der Waals surface area contributed by atoms with Gasteiger partial charge in [-0.05, 0) is 74.1 Å². The first-order valence-corrected chi connectivity index (χ1v) is 12.6. The van der Waals surface area contributed by atoms with Gasteiger partial charge in [-0.25, -0.2) is 4.39 Å². The molecule has 2 amide bonds. The van der Waals surface area contributed by atoms with Crippen molar-refractivity contribution in [1.82, 2.24) is 10.2 Å². The highest BCUT2D eigenvalue weighted by atomic mass is 19.1. The van der Waals surface area contributed by atoms with Gasteiger partial charge in [-0.2, -0.15) is 0 Å². The number of nitrogens with zero attached hydrogens (tertiary/aromatic N) is 1. The van der Waals surface area contributed by atoms with Gasteiger partial charge in [-0.1, -0.05) is 6.07 Å². The first-order chi connectivity index (χ1) is 17.4. The van der Waals surface area contributed by atoms with E-state index < -0.39 is 5.54 Å². The molecule has 2 saturated heterocycles. The summed E-state index contributed by atoms with van der Waals surface area (Å²) in [6.07, 6.45) is 4.66. The summed E-state index contributed by atoms with van der Waals surface area (Å²) in [6, 6.07) is 11.8. The number of amides is 2. The highest BCUT2D eigenvalue weighted by Gasteiger charge is 2.38. The van der Waals surface area contributed by atoms with Gasteiger partial charge in [0, 0.05) is 37.4 Å². The molecule has 4 rings (SSSR count). The topological polar surface area (TPSA) is 77.1 Å². The van der Waals surface area contributed by atoms with Crippen molar-refractivity contribution < 1.29 is 28.2 Å². The van der Waals surface area contributed by atoms with Crippen LogP contribution in [0.25, 0.3) is 0 Å². The molecular formula is C28H35FN2O5. The Morgan fingerprint density at radius 1 is 1.14 bits per heavy atom. The lowest BCUT2D eigenvalue weighted by molar-refractivity contribution is -0.134. The molecule has 36 heavy (non-hydrogen) atoms. The van der Waals surface area contributed by atoms with E-state index in [0.717, 1.165) is 24.9 Å². The van der Waals surface area contributed by atoms with Crippen LogP contribution in [-0.4, -0.2) is 56.2 Å². The molecule has 2 aromatic carbocycles. The second-order valence-corrected chi connectivity index (χ2v) is 9.81. The number of carbonyl (C=O) groups is 2. The van der Waals surface area contributed by atoms with E-state index in [9.17, 15) is 14.0 Å². The van der Waals surface area contributed by atoms with E-state index in [1.165, 1.54) is 12.1 Å². The van der Waals surface area contributed by atoms with Crippen LogP contribution < -0.4 is 19.5 Å². The van der Waals surface area contributed by atoms with Crippen LogP contribution >= 0.6 is 0 Å². The number of rotatable bonds is 10. The third-order valence-corrected chi connectivity index (χ3v) is 7.21. The van der Waals surface area contributed by atoms with E-state index in [0.29, 0.717) is 62.5 Å². The normalized spacial score (nSPS) is 21.7. The molecule has 1 N–H and O–H groups in total. The summed E-state index contributed by atoms with van der Waals surface area (Å²) >= 11 is 0. The first kappa shape index (κ1) is 25.8. The molecule has 2 aliphatic heterocycles. The molecule has 8 heteroatoms. The standard InChI is InChI=1S/C28H35FN2O5/c1-34-24-10-5-20(16-25(24)35-2)17-28(13-11-26(32)30-28)14-12-27(33)31-15-3-4-21(18-31)19-36-23-8-6-22(29)7-9-23/h5-10,16,21H,3-4,11-15,17-19H2,1-2H3,(H,30,32)/t21-,28+/m0/s1. The minimum atomic E-state index is -0.451. The van der Waals surface area contributed by atoms with E-state index in [-0.39, 0.29) is 23.5 Å². The Kier molecular flexibility index (Phi) is 8.33. The highest BCUT2D eigenvalue weighted by molar-refractivity contribution is 5.80. The average Bonchev–Trinajstić information content (AvgIpc) is 3.27. The zero-order chi connectivity index (χ0) is 25.5. The van der Waals surface area contributed by atoms with Crippen molar-refractivity contribution in [2.24, 2.45) is 5.92 Å². The molecule has 0 radical (unpaired) electrons. The van der Waals surface area contributed by atoms with Crippen LogP contribution in [0.15, 0.2) is 42.5 Å². The van der Waals surface area contributed by atoms with Crippen LogP contribution in [0.4, 0.5) is 4.39 Å². The van der Waals surface area contributed by atoms with Crippen molar-refractivity contribution >= 4 is 11.8 Å². The van der Waals surface area contributed by atoms with Crippen LogP contribution in [0.3, 0.4) is 0 Å². The monoisotopic (exact) mass is 498 g/mol. The van der Waals surface area contributed by atoms with Gasteiger partial charge in [0.15, 0.2) is 11.5 Å². The van der Waals surface area contributed by atoms with E-state index >= 15 is 0 Å². The molecule has 194 valence electrons. The Balaban J connectivity index is 1.34. The molecule has 0 saturated carbocycles. The fourth-order valence-electron chi connectivity index (χ4n) is 5.24. The fourth-order valence-corrected chi connectivity index (χ4v) is 5.24. The summed E-state index contributed by atoms with van der Waals surface area (Å²) in [5.74, 6) is 2.01. The third-order valence-electron chi connectivity index (χ3n) is 7.21. The number of ether oxygens (including phenoxy) is 3. The zero-order valence-electron chi connectivity index (χ0n) is 21.1. The molecule has 0 spiro atoms. The van der Waals surface area contributed by atoms with Crippen molar-refractivity contribution in [2.45, 2.75) is 50.5 Å². The van der Waals surface area contributed by atoms with Gasteiger partial charge in [0.05, 0.1) is 20.8 Å². The Labute approximate surface area is 211 Å². The van der Waals surface area contributed by atoms with Crippen molar-refractivity contribution in [2.75, 3.05) is 33.9 Å². The minimum Gasteiger partial charge on any atom is -0.493 e. The van der Waals surface area contributed by atoms with Crippen molar-refractivity contribution in [3.63, 3.8) is 0 Å². The van der Waals surface area contributed by atoms with E-state index in [4.69, 9.17) is 14.2 Å². The van der Waals surface area contributed by atoms with Gasteiger partial charge < -0.3 is 24.4 Å². The van der Waals surface area contributed by atoms with Crippen molar-refractivity contribution in [1.29, 1.82) is 0 Å². The first-order valence-electron chi connectivity index (χ1n) is 12.6. The maximum absolute atomic E-state index is 13.2. The molecule has 2 atom stereocenters. The van der Waals surface area contributed by atoms with Crippen LogP contribution in [0, 0.1) is 11.7 Å². The maximum atomic E-state index is 13.2. The zero-order valence-corrected chi connectivity index (χ0v) is 21.1. The van der Waals surface area contributed by atoms with Crippen LogP contribution in [0.5, 0.6) is 17.2 Å². The predicted molar refractivity (Wildman–Crippen MR) is 134 cm³/mol. The summed E-state index contributed by atoms with van der Waals surface area (Å²) in [5, 5.41) is 3.16. The number of hydrogen-bond acceptors (Lipinski definition) is 5. The number of methoxy groups -OCH3 is 2. The smallest absolute Gasteiger partial charge is 0.222 e. The number of halogens is 1. The number of nitrogens with one attached hydrogen (secondary N) is 1. The minimum absolute atomic E-state index is 0.0268. The Hall–Kier alpha value is -3.29. The lowest BCUT2D eigenvalue weighted by atomic mass is 9.84. The lowest BCUT2D eigenvalue weighted by Gasteiger charge is -2.34. The Morgan fingerprint density at radius 3 is 2.61 bits per heavy atom. The number of likely N-dealkylation sites (tertiary alicyclic amines) is 1. The molecule has 2 fully saturated rings. The van der Waals surface area contributed by atoms with Gasteiger partial charge in [0.2, 0.25) is 11.8 Å². The molecule has 0 unspecified atom stereocenters. The van der Waals surface area contributed by atoms with E-state index in [1.54, 1.807) is 26.4 Å². The molecule has 2 aromatic rings. The largest absolute Gasteiger partial charge is 0.493 e. The summed E-state index contributed by atoms with van der Waals surface area (Å²) < 4.78 is 29.7. The van der Waals surface area contributed by atoms with E-state index in [2.05, 4.69) is 5.32 Å². The van der Waals surface area contributed by atoms with Gasteiger partial charge >= 0.3 is 0 Å². The third kappa shape index (κ3) is 6.47. The van der Waals surface area contributed by atoms with Crippen LogP contribution in [-0.2, 0) is 16.0 Å². The predicted octanol–water partition coefficient (Wildman–Crippen LogP) is 4.13. The summed E-state index contributed by atoms with van der Waals surface area (Å²) in [5.41, 5.74) is 0.575. The molecule has 0 aliphatic carbocycles. The average molecular weight is 499 g/mol. The Bertz CT molecular complexity index is 1060. The molecule has 0 bridgehead atoms. The summed E-state index contributed by atoms with van der Waals surface area (Å²) in [4.78, 5) is 27.3.